The van der Waals surface area contributed by atoms with Gasteiger partial charge in [-0.3, -0.25) is 4.52 Å². The van der Waals surface area contributed by atoms with Crippen molar-refractivity contribution in [2.75, 3.05) is 6.61 Å². The van der Waals surface area contributed by atoms with Crippen molar-refractivity contribution >= 4 is 31.3 Å². The van der Waals surface area contributed by atoms with Gasteiger partial charge in [-0.15, -0.1) is 0 Å². The Morgan fingerprint density at radius 2 is 1.73 bits per heavy atom. The first-order valence-corrected chi connectivity index (χ1v) is 11.8. The molecule has 0 bridgehead atoms. The van der Waals surface area contributed by atoms with Crippen LogP contribution in [0.4, 0.5) is 0 Å². The molecule has 1 aliphatic rings. The zero-order valence-electron chi connectivity index (χ0n) is 14.7. The van der Waals surface area contributed by atoms with Crippen LogP contribution >= 0.6 is 23.5 Å². The van der Waals surface area contributed by atoms with Crippen LogP contribution < -0.4 is 0 Å². The lowest BCUT2D eigenvalue weighted by Gasteiger charge is -2.25. The summed E-state index contributed by atoms with van der Waals surface area (Å²) in [7, 11) is -15.2. The number of phosphoric ester groups is 1. The van der Waals surface area contributed by atoms with Gasteiger partial charge in [-0.1, -0.05) is 0 Å². The molecule has 1 heterocycles. The predicted molar refractivity (Wildman–Crippen MR) is 93.1 cm³/mol. The van der Waals surface area contributed by atoms with Gasteiger partial charge in [0.1, 0.15) is 20.0 Å². The molecule has 0 amide bonds. The summed E-state index contributed by atoms with van der Waals surface area (Å²) in [4.78, 5) is 40.2. The molecule has 0 spiro atoms. The van der Waals surface area contributed by atoms with E-state index in [1.807, 2.05) is 0 Å². The number of hydrogen-bond donors (Lipinski definition) is 4. The number of hydrogen-bond acceptors (Lipinski definition) is 11. The molecule has 1 rings (SSSR count). The summed E-state index contributed by atoms with van der Waals surface area (Å²) in [6, 6.07) is 0.771. The highest BCUT2D eigenvalue weighted by Crippen LogP contribution is 2.66. The van der Waals surface area contributed by atoms with Crippen LogP contribution in [0.3, 0.4) is 0 Å². The monoisotopic (exact) mass is 491 g/mol. The number of azide groups is 1. The van der Waals surface area contributed by atoms with E-state index >= 15 is 0 Å². The number of nitriles is 1. The van der Waals surface area contributed by atoms with Gasteiger partial charge in [0.15, 0.2) is 0 Å². The van der Waals surface area contributed by atoms with E-state index < -0.39 is 54.1 Å². The van der Waals surface area contributed by atoms with Crippen molar-refractivity contribution in [3.8, 4) is 6.07 Å². The van der Waals surface area contributed by atoms with Crippen molar-refractivity contribution in [2.24, 2.45) is 10.2 Å². The third-order valence-corrected chi connectivity index (χ3v) is 6.83. The van der Waals surface area contributed by atoms with Crippen LogP contribution in [0.25, 0.3) is 20.9 Å². The highest BCUT2D eigenvalue weighted by Gasteiger charge is 2.44. The smallest absolute Gasteiger partial charge is 0.379 e. The van der Waals surface area contributed by atoms with E-state index in [-0.39, 0.29) is 6.42 Å². The van der Waals surface area contributed by atoms with Gasteiger partial charge in [-0.25, -0.2) is 13.7 Å². The van der Waals surface area contributed by atoms with Gasteiger partial charge in [0, 0.05) is 15.8 Å². The Labute approximate surface area is 167 Å². The van der Waals surface area contributed by atoms with E-state index in [2.05, 4.69) is 33.2 Å². The zero-order chi connectivity index (χ0) is 23.2. The molecule has 0 aromatic carbocycles. The number of nitrogens with zero attached hydrogens (tertiary/aromatic N) is 7. The lowest BCUT2D eigenvalue weighted by molar-refractivity contribution is -0.0916. The third kappa shape index (κ3) is 8.70. The molecular weight excluding hydrogens is 478 g/mol. The largest absolute Gasteiger partial charge is 0.490 e. The molecule has 19 nitrogen and oxygen atoms in total. The van der Waals surface area contributed by atoms with Gasteiger partial charge in [-0.05, 0) is 27.7 Å². The lowest BCUT2D eigenvalue weighted by atomic mass is 9.96. The molecule has 166 valence electrons. The second-order valence-corrected chi connectivity index (χ2v) is 9.78. The standard InChI is InChI=1S/C7H13BN7O12P3/c8-6-1-4(25-7(3-9,12-14-10)13-15-11)5(24-6)2-23-29(19,20)27-30(21,22)26-28(16,17)18/h4-6H,1-2,8H2,(H,19,20)(H,21,22)(H2,16,17,18)/t4-,5-,6-/m1/s1. The maximum absolute atomic E-state index is 11.8. The van der Waals surface area contributed by atoms with Crippen LogP contribution in [0, 0.1) is 11.3 Å². The van der Waals surface area contributed by atoms with Gasteiger partial charge >= 0.3 is 29.3 Å². The molecule has 23 heteroatoms. The van der Waals surface area contributed by atoms with Crippen molar-refractivity contribution in [2.45, 2.75) is 30.5 Å². The van der Waals surface area contributed by atoms with Gasteiger partial charge < -0.3 is 29.0 Å². The maximum atomic E-state index is 11.8. The Bertz CT molecular complexity index is 906. The zero-order valence-corrected chi connectivity index (χ0v) is 17.4. The molecule has 0 saturated carbocycles. The molecule has 0 aromatic heterocycles. The summed E-state index contributed by atoms with van der Waals surface area (Å²) in [5.74, 6) is -2.64. The summed E-state index contributed by atoms with van der Waals surface area (Å²) in [6.07, 6.45) is -2.45. The fraction of sp³-hybridized carbons (Fsp3) is 0.857. The molecule has 0 radical (unpaired) electrons. The first kappa shape index (κ1) is 26.5. The van der Waals surface area contributed by atoms with E-state index in [1.165, 1.54) is 13.9 Å². The van der Waals surface area contributed by atoms with Gasteiger partial charge in [0.25, 0.3) is 0 Å². The number of phosphoric acid groups is 3. The minimum Gasteiger partial charge on any atom is -0.379 e. The van der Waals surface area contributed by atoms with Crippen LogP contribution in [0.2, 0.25) is 0 Å². The molecule has 5 atom stereocenters. The summed E-state index contributed by atoms with van der Waals surface area (Å²) >= 11 is 0. The molecular formula is C7H13BN7O12P3. The van der Waals surface area contributed by atoms with Gasteiger partial charge in [0.05, 0.1) is 12.7 Å². The van der Waals surface area contributed by atoms with Gasteiger partial charge in [-0.2, -0.15) is 13.9 Å². The van der Waals surface area contributed by atoms with Crippen LogP contribution in [-0.4, -0.2) is 58.1 Å². The fourth-order valence-corrected chi connectivity index (χ4v) is 5.16. The van der Waals surface area contributed by atoms with E-state index in [0.717, 1.165) is 0 Å². The average molecular weight is 491 g/mol. The first-order valence-electron chi connectivity index (χ1n) is 7.32. The first-order chi connectivity index (χ1) is 13.7. The Morgan fingerprint density at radius 1 is 1.17 bits per heavy atom. The van der Waals surface area contributed by atoms with Crippen molar-refractivity contribution in [1.29, 1.82) is 5.26 Å². The van der Waals surface area contributed by atoms with Crippen molar-refractivity contribution < 1.29 is 55.9 Å². The average Bonchev–Trinajstić information content (AvgIpc) is 2.89. The summed E-state index contributed by atoms with van der Waals surface area (Å²) in [5, 5.41) is 15.1. The van der Waals surface area contributed by atoms with Crippen molar-refractivity contribution in [3.63, 3.8) is 0 Å². The minimum absolute atomic E-state index is 0.00967. The predicted octanol–water partition coefficient (Wildman–Crippen LogP) is 0.261. The summed E-state index contributed by atoms with van der Waals surface area (Å²) in [5.41, 5.74) is 17.1. The second kappa shape index (κ2) is 10.2. The highest BCUT2D eigenvalue weighted by atomic mass is 31.3. The molecule has 1 saturated heterocycles. The van der Waals surface area contributed by atoms with Crippen LogP contribution in [0.15, 0.2) is 10.2 Å². The summed E-state index contributed by atoms with van der Waals surface area (Å²) in [6.45, 7) is -0.882. The third-order valence-electron chi connectivity index (χ3n) is 3.03. The topological polar surface area (TPSA) is 300 Å². The number of rotatable bonds is 11. The van der Waals surface area contributed by atoms with E-state index in [1.54, 1.807) is 0 Å². The van der Waals surface area contributed by atoms with Crippen molar-refractivity contribution in [1.82, 2.24) is 0 Å². The van der Waals surface area contributed by atoms with Crippen molar-refractivity contribution in [3.05, 3.63) is 20.9 Å². The van der Waals surface area contributed by atoms with Crippen LogP contribution in [0.1, 0.15) is 6.42 Å². The molecule has 0 aliphatic carbocycles. The maximum Gasteiger partial charge on any atom is 0.490 e. The fourth-order valence-electron chi connectivity index (χ4n) is 2.13. The lowest BCUT2D eigenvalue weighted by Crippen LogP contribution is -2.37. The Balaban J connectivity index is 2.90. The highest BCUT2D eigenvalue weighted by molar-refractivity contribution is 7.66. The summed E-state index contributed by atoms with van der Waals surface area (Å²) < 4.78 is 55.7. The van der Waals surface area contributed by atoms with E-state index in [9.17, 15) is 18.6 Å². The minimum atomic E-state index is -5.71. The molecule has 1 aliphatic heterocycles. The number of ether oxygens (including phenoxy) is 2. The SMILES string of the molecule is B[C@H]1C[C@@H](OC(C#N)(N=[N+]=[N-])N=[N+]=[N-])[C@@H](COP(=O)(O)OP(=O)(O)OP(=O)(O)O)O1. The normalized spacial score (nSPS) is 27.4. The second-order valence-electron chi connectivity index (χ2n) is 5.36. The molecule has 0 aromatic rings. The van der Waals surface area contributed by atoms with Gasteiger partial charge in [0.2, 0.25) is 0 Å². The molecule has 1 fully saturated rings. The van der Waals surface area contributed by atoms with E-state index in [0.29, 0.717) is 0 Å². The quantitative estimate of drug-likeness (QED) is 0.0992. The Kier molecular flexibility index (Phi) is 9.03. The molecule has 4 N–H and O–H groups in total. The van der Waals surface area contributed by atoms with Crippen LogP contribution in [-0.2, 0) is 36.3 Å². The van der Waals surface area contributed by atoms with E-state index in [4.69, 9.17) is 40.5 Å². The molecule has 30 heavy (non-hydrogen) atoms. The Hall–Kier alpha value is -1.50. The molecule has 2 unspecified atom stereocenters. The van der Waals surface area contributed by atoms with Crippen LogP contribution in [0.5, 0.6) is 0 Å². The Morgan fingerprint density at radius 3 is 2.20 bits per heavy atom.